The maximum atomic E-state index is 13.2. The molecule has 1 aromatic carbocycles. The molecule has 0 radical (unpaired) electrons. The summed E-state index contributed by atoms with van der Waals surface area (Å²) in [5.74, 6) is -0.614. The van der Waals surface area contributed by atoms with Crippen LogP contribution >= 0.6 is 27.5 Å². The van der Waals surface area contributed by atoms with Gasteiger partial charge in [0.25, 0.3) is 0 Å². The lowest BCUT2D eigenvalue weighted by Gasteiger charge is -2.06. The van der Waals surface area contributed by atoms with Gasteiger partial charge in [0.05, 0.1) is 5.75 Å². The molecule has 0 aliphatic rings. The summed E-state index contributed by atoms with van der Waals surface area (Å²) in [5, 5.41) is 0. The number of halogens is 3. The van der Waals surface area contributed by atoms with Crippen molar-refractivity contribution in [3.05, 3.63) is 34.1 Å². The average Bonchev–Trinajstić information content (AvgIpc) is 2.19. The third-order valence-corrected chi connectivity index (χ3v) is 4.07. The van der Waals surface area contributed by atoms with Crippen molar-refractivity contribution in [3.63, 3.8) is 0 Å². The molecule has 0 unspecified atom stereocenters. The zero-order valence-electron chi connectivity index (χ0n) is 8.21. The predicted octanol–water partition coefficient (Wildman–Crippen LogP) is 2.25. The lowest BCUT2D eigenvalue weighted by Crippen LogP contribution is -2.26. The smallest absolute Gasteiger partial charge is 0.212 e. The molecule has 0 saturated carbocycles. The van der Waals surface area contributed by atoms with Crippen molar-refractivity contribution in [3.8, 4) is 0 Å². The molecule has 0 saturated heterocycles. The van der Waals surface area contributed by atoms with Crippen LogP contribution in [0, 0.1) is 5.82 Å². The normalized spacial score (nSPS) is 11.7. The van der Waals surface area contributed by atoms with Gasteiger partial charge >= 0.3 is 0 Å². The minimum absolute atomic E-state index is 0.0102. The molecule has 7 heteroatoms. The minimum atomic E-state index is -3.42. The van der Waals surface area contributed by atoms with Crippen LogP contribution in [0.15, 0.2) is 22.7 Å². The van der Waals surface area contributed by atoms with E-state index in [1.54, 1.807) is 6.07 Å². The van der Waals surface area contributed by atoms with Crippen molar-refractivity contribution in [1.29, 1.82) is 0 Å². The highest BCUT2D eigenvalue weighted by atomic mass is 79.9. The van der Waals surface area contributed by atoms with Gasteiger partial charge in [0.1, 0.15) is 5.82 Å². The largest absolute Gasteiger partial charge is 0.213 e. The highest BCUT2D eigenvalue weighted by molar-refractivity contribution is 9.10. The summed E-state index contributed by atoms with van der Waals surface area (Å²) in [6, 6.07) is 4.35. The lowest BCUT2D eigenvalue weighted by atomic mass is 10.2. The fourth-order valence-corrected chi connectivity index (χ4v) is 2.78. The third-order valence-electron chi connectivity index (χ3n) is 1.84. The van der Waals surface area contributed by atoms with Gasteiger partial charge in [-0.25, -0.2) is 17.5 Å². The van der Waals surface area contributed by atoms with Crippen molar-refractivity contribution in [2.45, 2.75) is 6.54 Å². The Balaban J connectivity index is 2.71. The van der Waals surface area contributed by atoms with Gasteiger partial charge in [-0.05, 0) is 18.2 Å². The van der Waals surface area contributed by atoms with Crippen molar-refractivity contribution >= 4 is 37.6 Å². The molecule has 1 N–H and O–H groups in total. The predicted molar refractivity (Wildman–Crippen MR) is 65.4 cm³/mol. The number of nitrogens with one attached hydrogen (secondary N) is 1. The van der Waals surface area contributed by atoms with Crippen LogP contribution in [0.2, 0.25) is 0 Å². The highest BCUT2D eigenvalue weighted by Gasteiger charge is 2.10. The molecule has 16 heavy (non-hydrogen) atoms. The van der Waals surface area contributed by atoms with E-state index < -0.39 is 15.8 Å². The summed E-state index contributed by atoms with van der Waals surface area (Å²) < 4.78 is 38.8. The van der Waals surface area contributed by atoms with Gasteiger partial charge < -0.3 is 0 Å². The molecule has 1 rings (SSSR count). The number of alkyl halides is 1. The van der Waals surface area contributed by atoms with Crippen LogP contribution < -0.4 is 4.72 Å². The number of sulfonamides is 1. The van der Waals surface area contributed by atoms with Gasteiger partial charge in [0, 0.05) is 22.5 Å². The van der Waals surface area contributed by atoms with E-state index in [1.807, 2.05) is 0 Å². The third kappa shape index (κ3) is 4.37. The Kier molecular flexibility index (Phi) is 5.17. The molecule has 0 aliphatic carbocycles. The number of rotatable bonds is 5. The van der Waals surface area contributed by atoms with E-state index in [0.717, 1.165) is 0 Å². The van der Waals surface area contributed by atoms with Gasteiger partial charge in [-0.3, -0.25) is 0 Å². The molecule has 3 nitrogen and oxygen atoms in total. The number of hydrogen-bond donors (Lipinski definition) is 1. The van der Waals surface area contributed by atoms with E-state index in [2.05, 4.69) is 20.7 Å². The first-order chi connectivity index (χ1) is 7.44. The molecule has 0 fully saturated rings. The van der Waals surface area contributed by atoms with Crippen LogP contribution in [-0.2, 0) is 16.6 Å². The summed E-state index contributed by atoms with van der Waals surface area (Å²) in [5.41, 5.74) is 0.285. The van der Waals surface area contributed by atoms with Gasteiger partial charge in [-0.15, -0.1) is 11.6 Å². The van der Waals surface area contributed by atoms with Gasteiger partial charge in [-0.1, -0.05) is 15.9 Å². The summed E-state index contributed by atoms with van der Waals surface area (Å²) in [4.78, 5) is 0. The molecular weight excluding hydrogens is 321 g/mol. The molecule has 0 bridgehead atoms. The quantitative estimate of drug-likeness (QED) is 0.842. The maximum Gasteiger partial charge on any atom is 0.213 e. The Morgan fingerprint density at radius 1 is 1.44 bits per heavy atom. The number of hydrogen-bond acceptors (Lipinski definition) is 2. The van der Waals surface area contributed by atoms with Crippen LogP contribution in [0.5, 0.6) is 0 Å². The van der Waals surface area contributed by atoms with E-state index in [1.165, 1.54) is 12.1 Å². The molecule has 0 amide bonds. The van der Waals surface area contributed by atoms with Crippen LogP contribution in [0.4, 0.5) is 4.39 Å². The van der Waals surface area contributed by atoms with E-state index in [0.29, 0.717) is 4.47 Å². The van der Waals surface area contributed by atoms with E-state index in [9.17, 15) is 12.8 Å². The Bertz CT molecular complexity index is 467. The topological polar surface area (TPSA) is 46.2 Å². The Labute approximate surface area is 107 Å². The van der Waals surface area contributed by atoms with Crippen molar-refractivity contribution in [1.82, 2.24) is 4.72 Å². The molecular formula is C9H10BrClFNO2S. The molecule has 1 aromatic rings. The average molecular weight is 331 g/mol. The second-order valence-electron chi connectivity index (χ2n) is 3.06. The van der Waals surface area contributed by atoms with Crippen molar-refractivity contribution in [2.24, 2.45) is 0 Å². The fraction of sp³-hybridized carbons (Fsp3) is 0.333. The Morgan fingerprint density at radius 3 is 2.75 bits per heavy atom. The molecule has 0 aromatic heterocycles. The molecule has 0 aliphatic heterocycles. The summed E-state index contributed by atoms with van der Waals surface area (Å²) >= 11 is 8.51. The molecule has 90 valence electrons. The second-order valence-corrected chi connectivity index (χ2v) is 6.28. The Hall–Kier alpha value is -0.170. The number of benzene rings is 1. The van der Waals surface area contributed by atoms with Gasteiger partial charge in [0.15, 0.2) is 0 Å². The summed E-state index contributed by atoms with van der Waals surface area (Å²) in [7, 11) is -3.42. The van der Waals surface area contributed by atoms with Crippen LogP contribution in [0.3, 0.4) is 0 Å². The summed E-state index contributed by atoms with van der Waals surface area (Å²) in [6.07, 6.45) is 0. The van der Waals surface area contributed by atoms with E-state index in [4.69, 9.17) is 11.6 Å². The highest BCUT2D eigenvalue weighted by Crippen LogP contribution is 2.15. The molecule has 0 atom stereocenters. The zero-order valence-corrected chi connectivity index (χ0v) is 11.4. The fourth-order valence-electron chi connectivity index (χ4n) is 1.04. The van der Waals surface area contributed by atoms with Gasteiger partial charge in [0.2, 0.25) is 10.0 Å². The first-order valence-electron chi connectivity index (χ1n) is 4.42. The monoisotopic (exact) mass is 329 g/mol. The van der Waals surface area contributed by atoms with Crippen LogP contribution in [0.1, 0.15) is 5.56 Å². The van der Waals surface area contributed by atoms with Crippen LogP contribution in [-0.4, -0.2) is 20.1 Å². The van der Waals surface area contributed by atoms with E-state index >= 15 is 0 Å². The zero-order chi connectivity index (χ0) is 12.2. The van der Waals surface area contributed by atoms with Crippen LogP contribution in [0.25, 0.3) is 0 Å². The lowest BCUT2D eigenvalue weighted by molar-refractivity contribution is 0.575. The Morgan fingerprint density at radius 2 is 2.12 bits per heavy atom. The molecule has 0 heterocycles. The second kappa shape index (κ2) is 5.95. The van der Waals surface area contributed by atoms with Crippen molar-refractivity contribution < 1.29 is 12.8 Å². The SMILES string of the molecule is O=S(=O)(CCCl)NCc1cc(Br)ccc1F. The van der Waals surface area contributed by atoms with Gasteiger partial charge in [-0.2, -0.15) is 0 Å². The summed E-state index contributed by atoms with van der Waals surface area (Å²) in [6.45, 7) is -0.0789. The molecule has 0 spiro atoms. The minimum Gasteiger partial charge on any atom is -0.212 e. The first-order valence-corrected chi connectivity index (χ1v) is 7.40. The maximum absolute atomic E-state index is 13.2. The van der Waals surface area contributed by atoms with Crippen molar-refractivity contribution in [2.75, 3.05) is 11.6 Å². The van der Waals surface area contributed by atoms with E-state index in [-0.39, 0.29) is 23.7 Å². The first kappa shape index (κ1) is 13.9. The standard InChI is InChI=1S/C9H10BrClFNO2S/c10-8-1-2-9(12)7(5-8)6-13-16(14,15)4-3-11/h1-2,5,13H,3-4,6H2.